The summed E-state index contributed by atoms with van der Waals surface area (Å²) < 4.78 is 5.42. The molecule has 0 radical (unpaired) electrons. The van der Waals surface area contributed by atoms with Gasteiger partial charge in [-0.3, -0.25) is 19.3 Å². The first-order valence-corrected chi connectivity index (χ1v) is 12.4. The Labute approximate surface area is 219 Å². The average molecular weight is 508 g/mol. The Kier molecular flexibility index (Phi) is 6.19. The summed E-state index contributed by atoms with van der Waals surface area (Å²) in [5, 5.41) is 7.66. The summed E-state index contributed by atoms with van der Waals surface area (Å²) in [6.45, 7) is 2.52. The van der Waals surface area contributed by atoms with Crippen molar-refractivity contribution in [2.75, 3.05) is 46.7 Å². The normalized spacial score (nSPS) is 15.6. The fourth-order valence-electron chi connectivity index (χ4n) is 4.89. The van der Waals surface area contributed by atoms with Gasteiger partial charge in [0.1, 0.15) is 12.2 Å². The molecule has 0 spiro atoms. The SMILES string of the molecule is O=C1CC(=O)N(c2ccc(NC(=O)c3cccnc3N3CCOCC3)cc2)c2ccc3ccccc3c2N1. The van der Waals surface area contributed by atoms with E-state index < -0.39 is 0 Å². The maximum absolute atomic E-state index is 13.2. The zero-order chi connectivity index (χ0) is 26.1. The number of morpholine rings is 1. The summed E-state index contributed by atoms with van der Waals surface area (Å²) >= 11 is 0. The largest absolute Gasteiger partial charge is 0.378 e. The van der Waals surface area contributed by atoms with Gasteiger partial charge in [0.25, 0.3) is 5.91 Å². The van der Waals surface area contributed by atoms with Gasteiger partial charge in [-0.2, -0.15) is 0 Å². The summed E-state index contributed by atoms with van der Waals surface area (Å²) in [6, 6.07) is 22.0. The van der Waals surface area contributed by atoms with E-state index in [1.54, 1.807) is 47.5 Å². The molecule has 0 bridgehead atoms. The number of nitrogens with one attached hydrogen (secondary N) is 2. The number of fused-ring (bicyclic) bond motifs is 3. The van der Waals surface area contributed by atoms with Crippen LogP contribution in [0.2, 0.25) is 0 Å². The van der Waals surface area contributed by atoms with Crippen LogP contribution in [0.3, 0.4) is 0 Å². The van der Waals surface area contributed by atoms with Crippen molar-refractivity contribution in [1.82, 2.24) is 4.98 Å². The fourth-order valence-corrected chi connectivity index (χ4v) is 4.89. The number of rotatable bonds is 4. The fraction of sp³-hybridized carbons (Fsp3) is 0.172. The summed E-state index contributed by atoms with van der Waals surface area (Å²) in [6.07, 6.45) is 1.40. The van der Waals surface area contributed by atoms with Gasteiger partial charge in [-0.1, -0.05) is 30.3 Å². The lowest BCUT2D eigenvalue weighted by molar-refractivity contribution is -0.124. The number of aromatic nitrogens is 1. The van der Waals surface area contributed by atoms with Gasteiger partial charge in [0.2, 0.25) is 11.8 Å². The van der Waals surface area contributed by atoms with E-state index in [2.05, 4.69) is 15.6 Å². The molecule has 1 aromatic heterocycles. The smallest absolute Gasteiger partial charge is 0.259 e. The van der Waals surface area contributed by atoms with Crippen molar-refractivity contribution in [3.8, 4) is 0 Å². The van der Waals surface area contributed by atoms with Crippen LogP contribution in [0, 0.1) is 0 Å². The van der Waals surface area contributed by atoms with Gasteiger partial charge in [0.05, 0.1) is 30.2 Å². The molecule has 2 N–H and O–H groups in total. The molecular weight excluding hydrogens is 482 g/mol. The number of nitrogens with zero attached hydrogens (tertiary/aromatic N) is 3. The number of benzene rings is 3. The minimum absolute atomic E-state index is 0.271. The van der Waals surface area contributed by atoms with Crippen LogP contribution in [0.25, 0.3) is 10.8 Å². The molecule has 6 rings (SSSR count). The third kappa shape index (κ3) is 4.44. The van der Waals surface area contributed by atoms with Crippen molar-refractivity contribution in [1.29, 1.82) is 0 Å². The quantitative estimate of drug-likeness (QED) is 0.399. The van der Waals surface area contributed by atoms with Gasteiger partial charge in [0, 0.05) is 36.0 Å². The lowest BCUT2D eigenvalue weighted by atomic mass is 10.1. The van der Waals surface area contributed by atoms with Crippen LogP contribution in [-0.2, 0) is 14.3 Å². The maximum atomic E-state index is 13.2. The van der Waals surface area contributed by atoms with Crippen molar-refractivity contribution in [3.63, 3.8) is 0 Å². The summed E-state index contributed by atoms with van der Waals surface area (Å²) in [4.78, 5) is 46.8. The second kappa shape index (κ2) is 9.95. The third-order valence-corrected chi connectivity index (χ3v) is 6.70. The van der Waals surface area contributed by atoms with E-state index in [0.29, 0.717) is 60.4 Å². The standard InChI is InChI=1S/C29H25N5O4/c35-25-18-26(36)34(24-12-7-19-4-1-2-5-22(19)27(24)32-25)21-10-8-20(9-11-21)31-29(37)23-6-3-13-30-28(23)33-14-16-38-17-15-33/h1-13H,14-18H2,(H,31,37)(H,32,35). The van der Waals surface area contributed by atoms with E-state index in [4.69, 9.17) is 4.74 Å². The monoisotopic (exact) mass is 507 g/mol. The Hall–Kier alpha value is -4.76. The second-order valence-corrected chi connectivity index (χ2v) is 9.11. The third-order valence-electron chi connectivity index (χ3n) is 6.70. The van der Waals surface area contributed by atoms with Crippen molar-refractivity contribution < 1.29 is 19.1 Å². The van der Waals surface area contributed by atoms with Crippen LogP contribution in [0.15, 0.2) is 79.0 Å². The van der Waals surface area contributed by atoms with Crippen LogP contribution < -0.4 is 20.4 Å². The number of hydrogen-bond acceptors (Lipinski definition) is 6. The molecule has 9 heteroatoms. The number of carbonyl (C=O) groups is 3. The molecule has 2 aliphatic rings. The first kappa shape index (κ1) is 23.6. The zero-order valence-electron chi connectivity index (χ0n) is 20.5. The Balaban J connectivity index is 1.28. The molecule has 3 heterocycles. The predicted octanol–water partition coefficient (Wildman–Crippen LogP) is 4.33. The summed E-state index contributed by atoms with van der Waals surface area (Å²) in [5.74, 6) is -0.337. The highest BCUT2D eigenvalue weighted by molar-refractivity contribution is 6.21. The first-order valence-electron chi connectivity index (χ1n) is 12.4. The predicted molar refractivity (Wildman–Crippen MR) is 146 cm³/mol. The number of anilines is 5. The summed E-state index contributed by atoms with van der Waals surface area (Å²) in [5.41, 5.74) is 2.85. The molecule has 1 saturated heterocycles. The number of ether oxygens (including phenoxy) is 1. The van der Waals surface area contributed by atoms with Gasteiger partial charge in [-0.15, -0.1) is 0 Å². The van der Waals surface area contributed by atoms with E-state index in [1.807, 2.05) is 41.3 Å². The molecule has 3 aromatic carbocycles. The molecule has 9 nitrogen and oxygen atoms in total. The Morgan fingerprint density at radius 3 is 2.53 bits per heavy atom. The highest BCUT2D eigenvalue weighted by Gasteiger charge is 2.29. The van der Waals surface area contributed by atoms with Crippen molar-refractivity contribution in [2.45, 2.75) is 6.42 Å². The molecule has 3 amide bonds. The Morgan fingerprint density at radius 2 is 1.71 bits per heavy atom. The van der Waals surface area contributed by atoms with Crippen LogP contribution in [-0.4, -0.2) is 49.0 Å². The highest BCUT2D eigenvalue weighted by Crippen LogP contribution is 2.40. The van der Waals surface area contributed by atoms with Crippen molar-refractivity contribution in [3.05, 3.63) is 84.6 Å². The molecule has 1 fully saturated rings. The minimum atomic E-state index is -0.355. The van der Waals surface area contributed by atoms with E-state index >= 15 is 0 Å². The van der Waals surface area contributed by atoms with E-state index in [-0.39, 0.29) is 24.1 Å². The lowest BCUT2D eigenvalue weighted by Crippen LogP contribution is -2.38. The number of carbonyl (C=O) groups excluding carboxylic acids is 3. The van der Waals surface area contributed by atoms with Crippen LogP contribution in [0.4, 0.5) is 28.6 Å². The van der Waals surface area contributed by atoms with Gasteiger partial charge in [0.15, 0.2) is 0 Å². The molecule has 0 unspecified atom stereocenters. The number of pyridine rings is 1. The van der Waals surface area contributed by atoms with Crippen LogP contribution in [0.5, 0.6) is 0 Å². The number of amides is 3. The lowest BCUT2D eigenvalue weighted by Gasteiger charge is -2.29. The average Bonchev–Trinajstić information content (AvgIpc) is 3.08. The van der Waals surface area contributed by atoms with Gasteiger partial charge < -0.3 is 20.3 Å². The minimum Gasteiger partial charge on any atom is -0.378 e. The van der Waals surface area contributed by atoms with Gasteiger partial charge in [-0.25, -0.2) is 4.98 Å². The van der Waals surface area contributed by atoms with E-state index in [1.165, 1.54) is 0 Å². The molecular formula is C29H25N5O4. The summed E-state index contributed by atoms with van der Waals surface area (Å²) in [7, 11) is 0. The van der Waals surface area contributed by atoms with E-state index in [0.717, 1.165) is 10.8 Å². The second-order valence-electron chi connectivity index (χ2n) is 9.11. The van der Waals surface area contributed by atoms with Gasteiger partial charge in [-0.05, 0) is 47.9 Å². The first-order chi connectivity index (χ1) is 18.6. The molecule has 190 valence electrons. The topological polar surface area (TPSA) is 104 Å². The Bertz CT molecular complexity index is 1550. The van der Waals surface area contributed by atoms with Gasteiger partial charge >= 0.3 is 0 Å². The molecule has 4 aromatic rings. The van der Waals surface area contributed by atoms with E-state index in [9.17, 15) is 14.4 Å². The van der Waals surface area contributed by atoms with Crippen LogP contribution >= 0.6 is 0 Å². The molecule has 0 aliphatic carbocycles. The molecule has 38 heavy (non-hydrogen) atoms. The van der Waals surface area contributed by atoms with Crippen molar-refractivity contribution in [2.24, 2.45) is 0 Å². The maximum Gasteiger partial charge on any atom is 0.259 e. The molecule has 0 saturated carbocycles. The van der Waals surface area contributed by atoms with Crippen molar-refractivity contribution >= 4 is 57.1 Å². The highest BCUT2D eigenvalue weighted by atomic mass is 16.5. The number of hydrogen-bond donors (Lipinski definition) is 2. The molecule has 2 aliphatic heterocycles. The molecule has 0 atom stereocenters. The Morgan fingerprint density at radius 1 is 0.921 bits per heavy atom. The zero-order valence-corrected chi connectivity index (χ0v) is 20.5. The van der Waals surface area contributed by atoms with Crippen LogP contribution in [0.1, 0.15) is 16.8 Å².